The average Bonchev–Trinajstić information content (AvgIpc) is 1.98. The lowest BCUT2D eigenvalue weighted by Gasteiger charge is -2.22. The number of aliphatic carboxylic acids is 1. The molecule has 0 aliphatic rings. The number of nitrogens with one attached hydrogen (secondary N) is 1. The first-order valence-corrected chi connectivity index (χ1v) is 4.55. The fraction of sp³-hybridized carbons (Fsp3) is 0.778. The Labute approximate surface area is 88.2 Å². The summed E-state index contributed by atoms with van der Waals surface area (Å²) in [5, 5.41) is 21.2. The van der Waals surface area contributed by atoms with Crippen LogP contribution in [0.5, 0.6) is 0 Å². The van der Waals surface area contributed by atoms with Crippen LogP contribution in [-0.4, -0.2) is 35.4 Å². The Hall–Kier alpha value is -1.30. The van der Waals surface area contributed by atoms with Crippen molar-refractivity contribution in [2.45, 2.75) is 38.8 Å². The number of amides is 1. The molecule has 0 heterocycles. The van der Waals surface area contributed by atoms with Crippen LogP contribution in [0.15, 0.2) is 0 Å². The van der Waals surface area contributed by atoms with Gasteiger partial charge in [-0.3, -0.25) is 0 Å². The van der Waals surface area contributed by atoms with Crippen LogP contribution in [0.4, 0.5) is 4.79 Å². The van der Waals surface area contributed by atoms with Crippen molar-refractivity contribution < 1.29 is 24.5 Å². The van der Waals surface area contributed by atoms with Crippen LogP contribution in [0.3, 0.4) is 0 Å². The quantitative estimate of drug-likeness (QED) is 0.631. The van der Waals surface area contributed by atoms with Crippen molar-refractivity contribution in [3.05, 3.63) is 0 Å². The third-order valence-electron chi connectivity index (χ3n) is 1.35. The van der Waals surface area contributed by atoms with Crippen molar-refractivity contribution in [3.8, 4) is 0 Å². The molecule has 0 bridgehead atoms. The fourth-order valence-electron chi connectivity index (χ4n) is 0.837. The molecule has 6 heteroatoms. The highest BCUT2D eigenvalue weighted by atomic mass is 16.6. The number of alkyl carbamates (subject to hydrolysis) is 1. The van der Waals surface area contributed by atoms with E-state index in [1.165, 1.54) is 0 Å². The molecule has 0 radical (unpaired) electrons. The Bertz CT molecular complexity index is 233. The minimum Gasteiger partial charge on any atom is -0.550 e. The van der Waals surface area contributed by atoms with Crippen molar-refractivity contribution >= 4 is 12.1 Å². The molecule has 0 fully saturated rings. The van der Waals surface area contributed by atoms with Gasteiger partial charge in [0, 0.05) is 12.4 Å². The van der Waals surface area contributed by atoms with E-state index in [1.807, 2.05) is 0 Å². The Morgan fingerprint density at radius 3 is 2.33 bits per heavy atom. The summed E-state index contributed by atoms with van der Waals surface area (Å²) in [6.07, 6.45) is -1.21. The largest absolute Gasteiger partial charge is 0.550 e. The zero-order chi connectivity index (χ0) is 12.1. The molecule has 6 nitrogen and oxygen atoms in total. The molecule has 0 saturated carbocycles. The monoisotopic (exact) mass is 218 g/mol. The Balaban J connectivity index is 4.07. The lowest BCUT2D eigenvalue weighted by molar-refractivity contribution is -0.306. The summed E-state index contributed by atoms with van der Waals surface area (Å²) in [6, 6.07) is -0.884. The summed E-state index contributed by atoms with van der Waals surface area (Å²) < 4.78 is 4.88. The molecule has 2 N–H and O–H groups in total. The van der Waals surface area contributed by atoms with E-state index in [4.69, 9.17) is 9.84 Å². The Morgan fingerprint density at radius 2 is 2.00 bits per heavy atom. The number of rotatable bonds is 4. The second-order valence-electron chi connectivity index (χ2n) is 4.10. The molecule has 0 aliphatic carbocycles. The van der Waals surface area contributed by atoms with Gasteiger partial charge in [-0.05, 0) is 20.8 Å². The van der Waals surface area contributed by atoms with E-state index >= 15 is 0 Å². The maximum absolute atomic E-state index is 11.2. The van der Waals surface area contributed by atoms with Gasteiger partial charge in [0.25, 0.3) is 0 Å². The van der Waals surface area contributed by atoms with Crippen LogP contribution >= 0.6 is 0 Å². The highest BCUT2D eigenvalue weighted by Gasteiger charge is 2.18. The summed E-state index contributed by atoms with van der Waals surface area (Å²) in [5.41, 5.74) is -0.661. The van der Waals surface area contributed by atoms with Gasteiger partial charge in [0.15, 0.2) is 0 Å². The molecular weight excluding hydrogens is 202 g/mol. The number of ether oxygens (including phenoxy) is 1. The normalized spacial score (nSPS) is 13.1. The molecule has 0 unspecified atom stereocenters. The molecule has 0 aromatic heterocycles. The minimum absolute atomic E-state index is 0.449. The van der Waals surface area contributed by atoms with Gasteiger partial charge in [0.05, 0.1) is 12.6 Å². The number of hydrogen-bond donors (Lipinski definition) is 2. The first-order valence-electron chi connectivity index (χ1n) is 4.55. The summed E-state index contributed by atoms with van der Waals surface area (Å²) in [7, 11) is 0. The fourth-order valence-corrected chi connectivity index (χ4v) is 0.837. The molecular formula is C9H16NO5-. The van der Waals surface area contributed by atoms with Crippen LogP contribution in [0.25, 0.3) is 0 Å². The van der Waals surface area contributed by atoms with Gasteiger partial charge in [-0.25, -0.2) is 4.79 Å². The molecule has 88 valence electrons. The van der Waals surface area contributed by atoms with E-state index in [2.05, 4.69) is 5.32 Å². The van der Waals surface area contributed by atoms with Crippen molar-refractivity contribution in [1.82, 2.24) is 5.32 Å². The molecule has 0 saturated heterocycles. The number of carboxylic acid groups (broad SMARTS) is 1. The number of carbonyl (C=O) groups is 2. The molecule has 15 heavy (non-hydrogen) atoms. The van der Waals surface area contributed by atoms with E-state index in [1.54, 1.807) is 20.8 Å². The average molecular weight is 218 g/mol. The summed E-state index contributed by atoms with van der Waals surface area (Å²) >= 11 is 0. The van der Waals surface area contributed by atoms with Crippen LogP contribution < -0.4 is 10.4 Å². The predicted octanol–water partition coefficient (Wildman–Crippen LogP) is -0.988. The van der Waals surface area contributed by atoms with Crippen LogP contribution in [0, 0.1) is 0 Å². The van der Waals surface area contributed by atoms with Gasteiger partial charge in [-0.2, -0.15) is 0 Å². The van der Waals surface area contributed by atoms with Crippen molar-refractivity contribution in [3.63, 3.8) is 0 Å². The van der Waals surface area contributed by atoms with Crippen molar-refractivity contribution in [2.75, 3.05) is 6.61 Å². The molecule has 0 aromatic carbocycles. The molecule has 0 rings (SSSR count). The standard InChI is InChI=1S/C9H17NO5/c1-9(2,3)15-8(14)10-6(5-11)4-7(12)13/h6,11H,4-5H2,1-3H3,(H,10,14)(H,12,13)/p-1/t6-/m1/s1. The lowest BCUT2D eigenvalue weighted by atomic mass is 10.2. The molecule has 0 aliphatic heterocycles. The van der Waals surface area contributed by atoms with Gasteiger partial charge in [0.2, 0.25) is 0 Å². The second kappa shape index (κ2) is 5.55. The zero-order valence-corrected chi connectivity index (χ0v) is 9.07. The van der Waals surface area contributed by atoms with Crippen molar-refractivity contribution in [2.24, 2.45) is 0 Å². The highest BCUT2D eigenvalue weighted by Crippen LogP contribution is 2.06. The van der Waals surface area contributed by atoms with Gasteiger partial charge in [0.1, 0.15) is 5.60 Å². The molecule has 0 aromatic rings. The van der Waals surface area contributed by atoms with E-state index in [9.17, 15) is 14.7 Å². The maximum Gasteiger partial charge on any atom is 0.407 e. The topological polar surface area (TPSA) is 98.7 Å². The minimum atomic E-state index is -1.34. The van der Waals surface area contributed by atoms with Crippen molar-refractivity contribution in [1.29, 1.82) is 0 Å². The van der Waals surface area contributed by atoms with Gasteiger partial charge < -0.3 is 25.1 Å². The number of carboxylic acids is 1. The number of aliphatic hydroxyl groups excluding tert-OH is 1. The van der Waals surface area contributed by atoms with Crippen LogP contribution in [0.2, 0.25) is 0 Å². The first kappa shape index (κ1) is 13.7. The predicted molar refractivity (Wildman–Crippen MR) is 49.9 cm³/mol. The summed E-state index contributed by atoms with van der Waals surface area (Å²) in [4.78, 5) is 21.4. The Morgan fingerprint density at radius 1 is 1.47 bits per heavy atom. The second-order valence-corrected chi connectivity index (χ2v) is 4.10. The first-order chi connectivity index (χ1) is 6.74. The zero-order valence-electron chi connectivity index (χ0n) is 9.07. The van der Waals surface area contributed by atoms with Gasteiger partial charge in [-0.15, -0.1) is 0 Å². The van der Waals surface area contributed by atoms with E-state index in [0.29, 0.717) is 0 Å². The van der Waals surface area contributed by atoms with E-state index in [0.717, 1.165) is 0 Å². The molecule has 0 spiro atoms. The smallest absolute Gasteiger partial charge is 0.407 e. The third-order valence-corrected chi connectivity index (χ3v) is 1.35. The van der Waals surface area contributed by atoms with Crippen LogP contribution in [0.1, 0.15) is 27.2 Å². The summed E-state index contributed by atoms with van der Waals surface area (Å²) in [5.74, 6) is -1.34. The van der Waals surface area contributed by atoms with E-state index in [-0.39, 0.29) is 0 Å². The molecule has 1 amide bonds. The maximum atomic E-state index is 11.2. The SMILES string of the molecule is CC(C)(C)OC(=O)N[C@@H](CO)CC(=O)[O-]. The van der Waals surface area contributed by atoms with Gasteiger partial charge >= 0.3 is 6.09 Å². The number of carbonyl (C=O) groups excluding carboxylic acids is 2. The molecule has 1 atom stereocenters. The third kappa shape index (κ3) is 7.75. The number of hydrogen-bond acceptors (Lipinski definition) is 5. The van der Waals surface area contributed by atoms with Crippen LogP contribution in [-0.2, 0) is 9.53 Å². The Kier molecular flexibility index (Phi) is 5.07. The summed E-state index contributed by atoms with van der Waals surface area (Å²) in [6.45, 7) is 4.56. The lowest BCUT2D eigenvalue weighted by Crippen LogP contribution is -2.44. The number of aliphatic hydroxyl groups is 1. The highest BCUT2D eigenvalue weighted by molar-refractivity contribution is 5.70. The van der Waals surface area contributed by atoms with Gasteiger partial charge in [-0.1, -0.05) is 0 Å². The van der Waals surface area contributed by atoms with E-state index < -0.39 is 36.7 Å².